The summed E-state index contributed by atoms with van der Waals surface area (Å²) in [6.45, 7) is 7.58. The van der Waals surface area contributed by atoms with Crippen LogP contribution in [0.2, 0.25) is 0 Å². The number of hydrogen-bond acceptors (Lipinski definition) is 6. The van der Waals surface area contributed by atoms with Gasteiger partial charge in [-0.15, -0.1) is 10.2 Å². The average molecular weight is 391 g/mol. The Labute approximate surface area is 161 Å². The van der Waals surface area contributed by atoms with Crippen LogP contribution in [0.3, 0.4) is 0 Å². The Morgan fingerprint density at radius 3 is 2.77 bits per heavy atom. The largest absolute Gasteiger partial charge is 0.308 e. The first-order chi connectivity index (χ1) is 12.3. The molecule has 1 aromatic carbocycles. The Hall–Kier alpha value is -1.93. The molecule has 0 saturated carbocycles. The fourth-order valence-electron chi connectivity index (χ4n) is 2.74. The topological polar surface area (TPSA) is 75.2 Å². The van der Waals surface area contributed by atoms with Crippen LogP contribution in [0.15, 0.2) is 28.6 Å². The first-order valence-electron chi connectivity index (χ1n) is 8.43. The van der Waals surface area contributed by atoms with Crippen molar-refractivity contribution in [3.8, 4) is 0 Å². The van der Waals surface area contributed by atoms with Crippen molar-refractivity contribution < 1.29 is 9.59 Å². The van der Waals surface area contributed by atoms with Crippen LogP contribution in [0.5, 0.6) is 0 Å². The van der Waals surface area contributed by atoms with Crippen LogP contribution in [-0.4, -0.2) is 33.8 Å². The minimum absolute atomic E-state index is 0.0583. The van der Waals surface area contributed by atoms with E-state index in [4.69, 9.17) is 0 Å². The molecule has 2 amide bonds. The van der Waals surface area contributed by atoms with E-state index in [-0.39, 0.29) is 17.9 Å². The van der Waals surface area contributed by atoms with Gasteiger partial charge in [-0.25, -0.2) is 0 Å². The molecule has 0 saturated heterocycles. The molecule has 2 aromatic rings. The molecular weight excluding hydrogens is 368 g/mol. The smallest absolute Gasteiger partial charge is 0.237 e. The van der Waals surface area contributed by atoms with Crippen LogP contribution in [-0.2, 0) is 16.0 Å². The molecule has 0 aliphatic carbocycles. The number of benzene rings is 1. The number of fused-ring (bicyclic) bond motifs is 1. The van der Waals surface area contributed by atoms with Crippen molar-refractivity contribution in [3.05, 3.63) is 29.8 Å². The number of aromatic nitrogens is 2. The highest BCUT2D eigenvalue weighted by molar-refractivity contribution is 8.01. The van der Waals surface area contributed by atoms with E-state index in [1.165, 1.54) is 28.7 Å². The summed E-state index contributed by atoms with van der Waals surface area (Å²) in [6, 6.07) is 8.19. The lowest BCUT2D eigenvalue weighted by Gasteiger charge is -2.22. The summed E-state index contributed by atoms with van der Waals surface area (Å²) in [6.07, 6.45) is 0.883. The van der Waals surface area contributed by atoms with Crippen molar-refractivity contribution in [2.75, 3.05) is 16.0 Å². The first kappa shape index (κ1) is 18.8. The molecule has 3 rings (SSSR count). The number of para-hydroxylation sites is 1. The van der Waals surface area contributed by atoms with E-state index in [1.807, 2.05) is 43.9 Å². The molecule has 0 fully saturated rings. The Morgan fingerprint density at radius 2 is 2.04 bits per heavy atom. The van der Waals surface area contributed by atoms with Gasteiger partial charge in [0.05, 0.1) is 5.75 Å². The van der Waals surface area contributed by atoms with Gasteiger partial charge >= 0.3 is 0 Å². The van der Waals surface area contributed by atoms with E-state index in [2.05, 4.69) is 28.5 Å². The molecule has 1 aromatic heterocycles. The minimum Gasteiger partial charge on any atom is -0.308 e. The van der Waals surface area contributed by atoms with Crippen LogP contribution in [0.4, 0.5) is 10.8 Å². The van der Waals surface area contributed by atoms with Crippen molar-refractivity contribution in [3.63, 3.8) is 0 Å². The summed E-state index contributed by atoms with van der Waals surface area (Å²) in [5.74, 6) is 0.243. The van der Waals surface area contributed by atoms with Gasteiger partial charge in [0, 0.05) is 17.1 Å². The molecule has 1 aliphatic rings. The number of thioether (sulfide) groups is 1. The predicted octanol–water partition coefficient (Wildman–Crippen LogP) is 3.59. The van der Waals surface area contributed by atoms with E-state index in [9.17, 15) is 9.59 Å². The van der Waals surface area contributed by atoms with Gasteiger partial charge in [0.15, 0.2) is 4.34 Å². The standard InChI is InChI=1S/C18H22N4O2S2/c1-11-9-12-7-5-6-8-13(12)22(11)14(23)10-25-17-21-20-16(26-17)19-15(24)18(2,3)4/h5-8,11H,9-10H2,1-4H3,(H,19,20,24). The molecule has 26 heavy (non-hydrogen) atoms. The lowest BCUT2D eigenvalue weighted by molar-refractivity contribution is -0.123. The van der Waals surface area contributed by atoms with E-state index >= 15 is 0 Å². The predicted molar refractivity (Wildman–Crippen MR) is 106 cm³/mol. The first-order valence-corrected chi connectivity index (χ1v) is 10.2. The van der Waals surface area contributed by atoms with Gasteiger partial charge in [-0.05, 0) is 25.0 Å². The number of amides is 2. The van der Waals surface area contributed by atoms with Crippen molar-refractivity contribution >= 4 is 45.7 Å². The summed E-state index contributed by atoms with van der Waals surface area (Å²) in [5.41, 5.74) is 1.72. The molecule has 0 spiro atoms. The van der Waals surface area contributed by atoms with E-state index in [1.54, 1.807) is 0 Å². The van der Waals surface area contributed by atoms with E-state index in [0.717, 1.165) is 12.1 Å². The minimum atomic E-state index is -0.492. The summed E-state index contributed by atoms with van der Waals surface area (Å²) < 4.78 is 0.669. The number of carbonyl (C=O) groups is 2. The quantitative estimate of drug-likeness (QED) is 0.638. The van der Waals surface area contributed by atoms with Crippen LogP contribution < -0.4 is 10.2 Å². The molecular formula is C18H22N4O2S2. The van der Waals surface area contributed by atoms with E-state index in [0.29, 0.717) is 15.2 Å². The molecule has 1 aliphatic heterocycles. The maximum absolute atomic E-state index is 12.7. The molecule has 1 atom stereocenters. The van der Waals surface area contributed by atoms with Crippen LogP contribution in [0.1, 0.15) is 33.3 Å². The van der Waals surface area contributed by atoms with Crippen LogP contribution in [0.25, 0.3) is 0 Å². The second-order valence-corrected chi connectivity index (χ2v) is 9.51. The molecule has 138 valence electrons. The average Bonchev–Trinajstić information content (AvgIpc) is 3.14. The van der Waals surface area contributed by atoms with Crippen LogP contribution >= 0.6 is 23.1 Å². The van der Waals surface area contributed by atoms with Crippen molar-refractivity contribution in [1.82, 2.24) is 10.2 Å². The van der Waals surface area contributed by atoms with Gasteiger partial charge in [-0.2, -0.15) is 0 Å². The highest BCUT2D eigenvalue weighted by atomic mass is 32.2. The fourth-order valence-corrected chi connectivity index (χ4v) is 4.35. The Bertz CT molecular complexity index is 829. The van der Waals surface area contributed by atoms with Crippen LogP contribution in [0, 0.1) is 5.41 Å². The highest BCUT2D eigenvalue weighted by Crippen LogP contribution is 2.33. The summed E-state index contributed by atoms with van der Waals surface area (Å²) in [4.78, 5) is 26.6. The molecule has 6 nitrogen and oxygen atoms in total. The second kappa shape index (κ2) is 7.36. The number of nitrogens with zero attached hydrogens (tertiary/aromatic N) is 3. The SMILES string of the molecule is CC1Cc2ccccc2N1C(=O)CSc1nnc(NC(=O)C(C)(C)C)s1. The fraction of sp³-hybridized carbons (Fsp3) is 0.444. The van der Waals surface area contributed by atoms with Gasteiger partial charge in [-0.3, -0.25) is 9.59 Å². The molecule has 2 heterocycles. The third kappa shape index (κ3) is 4.07. The second-order valence-electron chi connectivity index (χ2n) is 7.31. The number of anilines is 2. The monoisotopic (exact) mass is 390 g/mol. The third-order valence-electron chi connectivity index (χ3n) is 4.10. The highest BCUT2D eigenvalue weighted by Gasteiger charge is 2.30. The van der Waals surface area contributed by atoms with E-state index < -0.39 is 5.41 Å². The zero-order valence-electron chi connectivity index (χ0n) is 15.3. The Kier molecular flexibility index (Phi) is 5.34. The lowest BCUT2D eigenvalue weighted by Crippen LogP contribution is -2.36. The lowest BCUT2D eigenvalue weighted by atomic mass is 9.96. The number of rotatable bonds is 4. The molecule has 1 N–H and O–H groups in total. The number of nitrogens with one attached hydrogen (secondary N) is 1. The summed E-state index contributed by atoms with van der Waals surface area (Å²) >= 11 is 2.64. The number of hydrogen-bond donors (Lipinski definition) is 1. The van der Waals surface area contributed by atoms with Gasteiger partial charge < -0.3 is 10.2 Å². The zero-order chi connectivity index (χ0) is 18.9. The maximum atomic E-state index is 12.7. The zero-order valence-corrected chi connectivity index (χ0v) is 16.9. The van der Waals surface area contributed by atoms with Gasteiger partial charge in [-0.1, -0.05) is 62.1 Å². The third-order valence-corrected chi connectivity index (χ3v) is 6.06. The number of carbonyl (C=O) groups excluding carboxylic acids is 2. The van der Waals surface area contributed by atoms with Crippen molar-refractivity contribution in [1.29, 1.82) is 0 Å². The van der Waals surface area contributed by atoms with Gasteiger partial charge in [0.25, 0.3) is 0 Å². The van der Waals surface area contributed by atoms with Crippen molar-refractivity contribution in [2.24, 2.45) is 5.41 Å². The molecule has 0 radical (unpaired) electrons. The molecule has 8 heteroatoms. The van der Waals surface area contributed by atoms with Gasteiger partial charge in [0.2, 0.25) is 16.9 Å². The Morgan fingerprint density at radius 1 is 1.31 bits per heavy atom. The van der Waals surface area contributed by atoms with Crippen molar-refractivity contribution in [2.45, 2.75) is 44.5 Å². The summed E-state index contributed by atoms with van der Waals surface area (Å²) in [7, 11) is 0. The Balaban J connectivity index is 1.60. The molecule has 1 unspecified atom stereocenters. The maximum Gasteiger partial charge on any atom is 0.237 e. The molecule has 0 bridgehead atoms. The summed E-state index contributed by atoms with van der Waals surface area (Å²) in [5, 5.41) is 11.3. The van der Waals surface area contributed by atoms with Gasteiger partial charge in [0.1, 0.15) is 0 Å². The normalized spacial score (nSPS) is 16.5.